The van der Waals surface area contributed by atoms with Crippen LogP contribution in [0.25, 0.3) is 0 Å². The molecule has 0 aromatic carbocycles. The second kappa shape index (κ2) is 6.49. The van der Waals surface area contributed by atoms with E-state index in [0.717, 1.165) is 18.8 Å². The lowest BCUT2D eigenvalue weighted by molar-refractivity contribution is -0.154. The Balaban J connectivity index is 2.07. The first-order valence-corrected chi connectivity index (χ1v) is 6.14. The van der Waals surface area contributed by atoms with Crippen LogP contribution < -0.4 is 5.32 Å². The molecule has 0 aliphatic heterocycles. The van der Waals surface area contributed by atoms with Gasteiger partial charge in [-0.05, 0) is 20.8 Å². The summed E-state index contributed by atoms with van der Waals surface area (Å²) in [5, 5.41) is 7.34. The Hall–Kier alpha value is -1.43. The molecule has 18 heavy (non-hydrogen) atoms. The van der Waals surface area contributed by atoms with Crippen molar-refractivity contribution in [1.82, 2.24) is 20.1 Å². The fourth-order valence-corrected chi connectivity index (χ4v) is 1.41. The number of esters is 1. The average Bonchev–Trinajstić information content (AvgIpc) is 2.61. The molecule has 0 saturated heterocycles. The van der Waals surface area contributed by atoms with E-state index in [0.29, 0.717) is 13.0 Å². The van der Waals surface area contributed by atoms with E-state index in [1.165, 1.54) is 0 Å². The predicted octanol–water partition coefficient (Wildman–Crippen LogP) is 0.679. The van der Waals surface area contributed by atoms with Crippen LogP contribution in [0.4, 0.5) is 0 Å². The SMILES string of the molecule is Cn1cnc(CCNCCC(=O)OC(C)(C)C)n1. The Morgan fingerprint density at radius 1 is 1.44 bits per heavy atom. The normalized spacial score (nSPS) is 11.6. The summed E-state index contributed by atoms with van der Waals surface area (Å²) in [6.45, 7) is 6.97. The van der Waals surface area contributed by atoms with Gasteiger partial charge in [-0.2, -0.15) is 5.10 Å². The van der Waals surface area contributed by atoms with Gasteiger partial charge in [0.15, 0.2) is 5.82 Å². The number of aryl methyl sites for hydroxylation is 1. The molecule has 6 heteroatoms. The lowest BCUT2D eigenvalue weighted by Crippen LogP contribution is -2.27. The molecule has 0 saturated carbocycles. The number of carbonyl (C=O) groups excluding carboxylic acids is 1. The molecule has 0 aliphatic rings. The number of ether oxygens (including phenoxy) is 1. The quantitative estimate of drug-likeness (QED) is 0.597. The first-order chi connectivity index (χ1) is 8.37. The maximum absolute atomic E-state index is 11.4. The molecular formula is C12H22N4O2. The highest BCUT2D eigenvalue weighted by atomic mass is 16.6. The molecule has 0 bridgehead atoms. The van der Waals surface area contributed by atoms with Crippen LogP contribution in [0.3, 0.4) is 0 Å². The number of hydrogen-bond donors (Lipinski definition) is 1. The van der Waals surface area contributed by atoms with Gasteiger partial charge in [-0.25, -0.2) is 4.98 Å². The molecule has 0 radical (unpaired) electrons. The maximum atomic E-state index is 11.4. The van der Waals surface area contributed by atoms with E-state index in [9.17, 15) is 4.79 Å². The fourth-order valence-electron chi connectivity index (χ4n) is 1.41. The van der Waals surface area contributed by atoms with Crippen molar-refractivity contribution in [3.05, 3.63) is 12.2 Å². The first-order valence-electron chi connectivity index (χ1n) is 6.14. The van der Waals surface area contributed by atoms with Crippen LogP contribution in [0, 0.1) is 0 Å². The molecule has 1 rings (SSSR count). The Kier molecular flexibility index (Phi) is 5.27. The van der Waals surface area contributed by atoms with Crippen molar-refractivity contribution < 1.29 is 9.53 Å². The zero-order chi connectivity index (χ0) is 13.6. The lowest BCUT2D eigenvalue weighted by atomic mass is 10.2. The van der Waals surface area contributed by atoms with Gasteiger partial charge in [-0.1, -0.05) is 0 Å². The van der Waals surface area contributed by atoms with Crippen molar-refractivity contribution in [3.8, 4) is 0 Å². The second-order valence-electron chi connectivity index (χ2n) is 5.17. The van der Waals surface area contributed by atoms with Gasteiger partial charge in [-0.3, -0.25) is 9.48 Å². The van der Waals surface area contributed by atoms with E-state index >= 15 is 0 Å². The van der Waals surface area contributed by atoms with Crippen molar-refractivity contribution in [2.24, 2.45) is 7.05 Å². The van der Waals surface area contributed by atoms with E-state index in [1.807, 2.05) is 27.8 Å². The number of carbonyl (C=O) groups is 1. The third kappa shape index (κ3) is 6.34. The highest BCUT2D eigenvalue weighted by molar-refractivity contribution is 5.70. The standard InChI is InChI=1S/C12H22N4O2/c1-12(2,3)18-11(17)6-8-13-7-5-10-14-9-16(4)15-10/h9,13H,5-8H2,1-4H3. The van der Waals surface area contributed by atoms with Gasteiger partial charge in [0.2, 0.25) is 0 Å². The summed E-state index contributed by atoms with van der Waals surface area (Å²) in [4.78, 5) is 15.5. The van der Waals surface area contributed by atoms with Crippen molar-refractivity contribution >= 4 is 5.97 Å². The van der Waals surface area contributed by atoms with Crippen LogP contribution >= 0.6 is 0 Å². The molecule has 0 unspecified atom stereocenters. The summed E-state index contributed by atoms with van der Waals surface area (Å²) in [5.74, 6) is 0.633. The zero-order valence-electron chi connectivity index (χ0n) is 11.6. The molecule has 0 spiro atoms. The third-order valence-corrected chi connectivity index (χ3v) is 2.10. The third-order valence-electron chi connectivity index (χ3n) is 2.10. The summed E-state index contributed by atoms with van der Waals surface area (Å²) in [5.41, 5.74) is -0.408. The van der Waals surface area contributed by atoms with Crippen LogP contribution in [0.2, 0.25) is 0 Å². The lowest BCUT2D eigenvalue weighted by Gasteiger charge is -2.19. The number of aromatic nitrogens is 3. The van der Waals surface area contributed by atoms with E-state index in [1.54, 1.807) is 11.0 Å². The van der Waals surface area contributed by atoms with Gasteiger partial charge < -0.3 is 10.1 Å². The predicted molar refractivity (Wildman–Crippen MR) is 68.0 cm³/mol. The first kappa shape index (κ1) is 14.6. The van der Waals surface area contributed by atoms with Gasteiger partial charge in [0.1, 0.15) is 11.9 Å². The molecule has 1 aromatic rings. The fraction of sp³-hybridized carbons (Fsp3) is 0.750. The molecule has 102 valence electrons. The van der Waals surface area contributed by atoms with Gasteiger partial charge in [0.05, 0.1) is 6.42 Å². The maximum Gasteiger partial charge on any atom is 0.307 e. The largest absolute Gasteiger partial charge is 0.460 e. The van der Waals surface area contributed by atoms with Crippen LogP contribution in [0.1, 0.15) is 33.0 Å². The number of nitrogens with zero attached hydrogens (tertiary/aromatic N) is 3. The molecule has 1 N–H and O–H groups in total. The molecule has 0 aliphatic carbocycles. The van der Waals surface area contributed by atoms with Gasteiger partial charge >= 0.3 is 5.97 Å². The molecule has 6 nitrogen and oxygen atoms in total. The average molecular weight is 254 g/mol. The van der Waals surface area contributed by atoms with Crippen molar-refractivity contribution in [3.63, 3.8) is 0 Å². The molecule has 1 aromatic heterocycles. The molecule has 0 amide bonds. The van der Waals surface area contributed by atoms with E-state index < -0.39 is 5.60 Å². The Labute approximate surface area is 108 Å². The monoisotopic (exact) mass is 254 g/mol. The van der Waals surface area contributed by atoms with Crippen LogP contribution in [0.5, 0.6) is 0 Å². The van der Waals surface area contributed by atoms with Crippen LogP contribution in [-0.4, -0.2) is 39.4 Å². The van der Waals surface area contributed by atoms with E-state index in [4.69, 9.17) is 4.74 Å². The number of nitrogens with one attached hydrogen (secondary N) is 1. The Morgan fingerprint density at radius 2 is 2.17 bits per heavy atom. The second-order valence-corrected chi connectivity index (χ2v) is 5.17. The topological polar surface area (TPSA) is 69.0 Å². The highest BCUT2D eigenvalue weighted by Crippen LogP contribution is 2.07. The van der Waals surface area contributed by atoms with E-state index in [-0.39, 0.29) is 5.97 Å². The number of hydrogen-bond acceptors (Lipinski definition) is 5. The van der Waals surface area contributed by atoms with Gasteiger partial charge in [0.25, 0.3) is 0 Å². The molecule has 0 atom stereocenters. The highest BCUT2D eigenvalue weighted by Gasteiger charge is 2.15. The van der Waals surface area contributed by atoms with Crippen molar-refractivity contribution in [1.29, 1.82) is 0 Å². The van der Waals surface area contributed by atoms with Crippen molar-refractivity contribution in [2.75, 3.05) is 13.1 Å². The Morgan fingerprint density at radius 3 is 2.72 bits per heavy atom. The van der Waals surface area contributed by atoms with Crippen molar-refractivity contribution in [2.45, 2.75) is 39.2 Å². The van der Waals surface area contributed by atoms with Gasteiger partial charge in [-0.15, -0.1) is 0 Å². The molecule has 1 heterocycles. The summed E-state index contributed by atoms with van der Waals surface area (Å²) in [7, 11) is 1.84. The smallest absolute Gasteiger partial charge is 0.307 e. The minimum absolute atomic E-state index is 0.175. The number of rotatable bonds is 6. The minimum Gasteiger partial charge on any atom is -0.460 e. The summed E-state index contributed by atoms with van der Waals surface area (Å²) >= 11 is 0. The van der Waals surface area contributed by atoms with E-state index in [2.05, 4.69) is 15.4 Å². The molecule has 0 fully saturated rings. The minimum atomic E-state index is -0.408. The summed E-state index contributed by atoms with van der Waals surface area (Å²) in [6, 6.07) is 0. The summed E-state index contributed by atoms with van der Waals surface area (Å²) < 4.78 is 6.88. The molecular weight excluding hydrogens is 232 g/mol. The Bertz CT molecular complexity index is 382. The van der Waals surface area contributed by atoms with Crippen LogP contribution in [0.15, 0.2) is 6.33 Å². The summed E-state index contributed by atoms with van der Waals surface area (Å²) in [6.07, 6.45) is 2.82. The zero-order valence-corrected chi connectivity index (χ0v) is 11.6. The van der Waals surface area contributed by atoms with Crippen LogP contribution in [-0.2, 0) is 23.0 Å². The van der Waals surface area contributed by atoms with Gasteiger partial charge in [0, 0.05) is 26.6 Å².